The number of hydrogen-bond acceptors (Lipinski definition) is 4. The zero-order valence-corrected chi connectivity index (χ0v) is 11.7. The molecule has 100 valence electrons. The SMILES string of the molecule is CCc1nc(NC)cc(N(CC)C2CCCC2)n1. The lowest BCUT2D eigenvalue weighted by molar-refractivity contribution is 0.611. The molecule has 0 aliphatic heterocycles. The number of nitrogens with zero attached hydrogens (tertiary/aromatic N) is 3. The molecule has 4 nitrogen and oxygen atoms in total. The van der Waals surface area contributed by atoms with Crippen LogP contribution in [0.3, 0.4) is 0 Å². The van der Waals surface area contributed by atoms with E-state index in [4.69, 9.17) is 4.98 Å². The Balaban J connectivity index is 2.28. The van der Waals surface area contributed by atoms with Crippen molar-refractivity contribution < 1.29 is 0 Å². The second-order valence-corrected chi connectivity index (χ2v) is 4.86. The Morgan fingerprint density at radius 1 is 1.28 bits per heavy atom. The summed E-state index contributed by atoms with van der Waals surface area (Å²) in [4.78, 5) is 11.6. The lowest BCUT2D eigenvalue weighted by Crippen LogP contribution is -2.34. The van der Waals surface area contributed by atoms with E-state index in [-0.39, 0.29) is 0 Å². The minimum atomic E-state index is 0.666. The van der Waals surface area contributed by atoms with Gasteiger partial charge in [-0.3, -0.25) is 0 Å². The highest BCUT2D eigenvalue weighted by Crippen LogP contribution is 2.28. The standard InChI is InChI=1S/C14H24N4/c1-4-12-16-13(15-3)10-14(17-12)18(5-2)11-8-6-7-9-11/h10-11H,4-9H2,1-3H3,(H,15,16,17). The molecule has 1 aliphatic carbocycles. The summed E-state index contributed by atoms with van der Waals surface area (Å²) in [5, 5.41) is 3.13. The summed E-state index contributed by atoms with van der Waals surface area (Å²) in [7, 11) is 1.91. The normalized spacial score (nSPS) is 15.9. The highest BCUT2D eigenvalue weighted by molar-refractivity contribution is 5.50. The lowest BCUT2D eigenvalue weighted by atomic mass is 10.2. The van der Waals surface area contributed by atoms with Gasteiger partial charge >= 0.3 is 0 Å². The van der Waals surface area contributed by atoms with Gasteiger partial charge in [0.1, 0.15) is 17.5 Å². The molecule has 0 aromatic carbocycles. The lowest BCUT2D eigenvalue weighted by Gasteiger charge is -2.29. The minimum absolute atomic E-state index is 0.666. The zero-order valence-electron chi connectivity index (χ0n) is 11.7. The molecule has 1 aliphatic rings. The maximum atomic E-state index is 4.69. The minimum Gasteiger partial charge on any atom is -0.373 e. The van der Waals surface area contributed by atoms with Gasteiger partial charge < -0.3 is 10.2 Å². The van der Waals surface area contributed by atoms with Gasteiger partial charge in [-0.2, -0.15) is 0 Å². The summed E-state index contributed by atoms with van der Waals surface area (Å²) in [6, 6.07) is 2.74. The Labute approximate surface area is 110 Å². The first-order chi connectivity index (χ1) is 8.78. The highest BCUT2D eigenvalue weighted by Gasteiger charge is 2.23. The van der Waals surface area contributed by atoms with Crippen molar-refractivity contribution in [2.75, 3.05) is 23.8 Å². The predicted molar refractivity (Wildman–Crippen MR) is 76.2 cm³/mol. The first-order valence-electron chi connectivity index (χ1n) is 7.10. The Morgan fingerprint density at radius 2 is 2.00 bits per heavy atom. The van der Waals surface area contributed by atoms with Gasteiger partial charge in [-0.1, -0.05) is 19.8 Å². The summed E-state index contributed by atoms with van der Waals surface area (Å²) in [5.74, 6) is 2.93. The van der Waals surface area contributed by atoms with Crippen LogP contribution in [-0.2, 0) is 6.42 Å². The first-order valence-corrected chi connectivity index (χ1v) is 7.10. The van der Waals surface area contributed by atoms with Gasteiger partial charge in [-0.05, 0) is 19.8 Å². The fourth-order valence-electron chi connectivity index (χ4n) is 2.74. The van der Waals surface area contributed by atoms with Crippen LogP contribution in [0.25, 0.3) is 0 Å². The number of aryl methyl sites for hydroxylation is 1. The van der Waals surface area contributed by atoms with Crippen molar-refractivity contribution in [1.82, 2.24) is 9.97 Å². The van der Waals surface area contributed by atoms with Crippen molar-refractivity contribution in [3.63, 3.8) is 0 Å². The fraction of sp³-hybridized carbons (Fsp3) is 0.714. The van der Waals surface area contributed by atoms with Crippen molar-refractivity contribution >= 4 is 11.6 Å². The van der Waals surface area contributed by atoms with Gasteiger partial charge in [0, 0.05) is 32.1 Å². The quantitative estimate of drug-likeness (QED) is 0.870. The molecular formula is C14H24N4. The van der Waals surface area contributed by atoms with E-state index in [2.05, 4.69) is 35.1 Å². The van der Waals surface area contributed by atoms with E-state index in [1.165, 1.54) is 25.7 Å². The number of nitrogens with one attached hydrogen (secondary N) is 1. The Hall–Kier alpha value is -1.32. The van der Waals surface area contributed by atoms with Crippen LogP contribution in [0.5, 0.6) is 0 Å². The Morgan fingerprint density at radius 3 is 2.56 bits per heavy atom. The molecule has 2 rings (SSSR count). The molecule has 1 aromatic rings. The Bertz CT molecular complexity index is 363. The zero-order chi connectivity index (χ0) is 13.0. The van der Waals surface area contributed by atoms with E-state index >= 15 is 0 Å². The average molecular weight is 248 g/mol. The van der Waals surface area contributed by atoms with E-state index in [0.29, 0.717) is 6.04 Å². The fourth-order valence-corrected chi connectivity index (χ4v) is 2.74. The molecular weight excluding hydrogens is 224 g/mol. The molecule has 0 unspecified atom stereocenters. The first kappa shape index (κ1) is 13.1. The van der Waals surface area contributed by atoms with Crippen molar-refractivity contribution in [3.05, 3.63) is 11.9 Å². The predicted octanol–water partition coefficient (Wildman–Crippen LogP) is 2.85. The third kappa shape index (κ3) is 2.74. The number of hydrogen-bond donors (Lipinski definition) is 1. The van der Waals surface area contributed by atoms with E-state index in [1.54, 1.807) is 0 Å². The van der Waals surface area contributed by atoms with Crippen molar-refractivity contribution in [2.45, 2.75) is 52.0 Å². The molecule has 1 fully saturated rings. The van der Waals surface area contributed by atoms with Gasteiger partial charge in [-0.25, -0.2) is 9.97 Å². The molecule has 18 heavy (non-hydrogen) atoms. The van der Waals surface area contributed by atoms with Gasteiger partial charge in [-0.15, -0.1) is 0 Å². The van der Waals surface area contributed by atoms with E-state index < -0.39 is 0 Å². The van der Waals surface area contributed by atoms with Crippen LogP contribution in [0.15, 0.2) is 6.07 Å². The van der Waals surface area contributed by atoms with Crippen molar-refractivity contribution in [1.29, 1.82) is 0 Å². The molecule has 0 bridgehead atoms. The van der Waals surface area contributed by atoms with Gasteiger partial charge in [0.2, 0.25) is 0 Å². The molecule has 0 atom stereocenters. The second kappa shape index (κ2) is 6.03. The van der Waals surface area contributed by atoms with Crippen LogP contribution >= 0.6 is 0 Å². The molecule has 0 radical (unpaired) electrons. The van der Waals surface area contributed by atoms with Crippen LogP contribution in [-0.4, -0.2) is 29.6 Å². The topological polar surface area (TPSA) is 41.1 Å². The highest BCUT2D eigenvalue weighted by atomic mass is 15.2. The largest absolute Gasteiger partial charge is 0.373 e. The number of aromatic nitrogens is 2. The summed E-state index contributed by atoms with van der Waals surface area (Å²) in [6.07, 6.45) is 6.19. The van der Waals surface area contributed by atoms with E-state index in [0.717, 1.165) is 30.4 Å². The Kier molecular flexibility index (Phi) is 4.39. The maximum Gasteiger partial charge on any atom is 0.134 e. The third-order valence-electron chi connectivity index (χ3n) is 3.73. The average Bonchev–Trinajstić information content (AvgIpc) is 2.93. The van der Waals surface area contributed by atoms with Gasteiger partial charge in [0.15, 0.2) is 0 Å². The molecule has 0 saturated heterocycles. The van der Waals surface area contributed by atoms with Crippen LogP contribution in [0.2, 0.25) is 0 Å². The van der Waals surface area contributed by atoms with Crippen LogP contribution in [0.1, 0.15) is 45.4 Å². The van der Waals surface area contributed by atoms with Gasteiger partial charge in [0.05, 0.1) is 0 Å². The summed E-state index contributed by atoms with van der Waals surface area (Å²) in [5.41, 5.74) is 0. The number of rotatable bonds is 5. The molecule has 0 amide bonds. The van der Waals surface area contributed by atoms with Crippen LogP contribution < -0.4 is 10.2 Å². The smallest absolute Gasteiger partial charge is 0.134 e. The van der Waals surface area contributed by atoms with Crippen molar-refractivity contribution in [3.8, 4) is 0 Å². The molecule has 1 saturated carbocycles. The summed E-state index contributed by atoms with van der Waals surface area (Å²) >= 11 is 0. The van der Waals surface area contributed by atoms with E-state index in [9.17, 15) is 0 Å². The molecule has 1 aromatic heterocycles. The second-order valence-electron chi connectivity index (χ2n) is 4.86. The molecule has 4 heteroatoms. The van der Waals surface area contributed by atoms with Crippen LogP contribution in [0.4, 0.5) is 11.6 Å². The summed E-state index contributed by atoms with van der Waals surface area (Å²) < 4.78 is 0. The molecule has 1 N–H and O–H groups in total. The number of anilines is 2. The van der Waals surface area contributed by atoms with E-state index in [1.807, 2.05) is 7.05 Å². The molecule has 0 spiro atoms. The molecule has 1 heterocycles. The van der Waals surface area contributed by atoms with Gasteiger partial charge in [0.25, 0.3) is 0 Å². The van der Waals surface area contributed by atoms with Crippen LogP contribution in [0, 0.1) is 0 Å². The monoisotopic (exact) mass is 248 g/mol. The van der Waals surface area contributed by atoms with Crippen molar-refractivity contribution in [2.24, 2.45) is 0 Å². The summed E-state index contributed by atoms with van der Waals surface area (Å²) in [6.45, 7) is 5.34. The maximum absolute atomic E-state index is 4.69. The third-order valence-corrected chi connectivity index (χ3v) is 3.73.